The van der Waals surface area contributed by atoms with Crippen LogP contribution in [0.15, 0.2) is 30.5 Å². The average molecular weight is 446 g/mol. The Morgan fingerprint density at radius 3 is 2.40 bits per heavy atom. The topological polar surface area (TPSA) is 68.8 Å². The van der Waals surface area contributed by atoms with Crippen molar-refractivity contribution in [3.05, 3.63) is 35.3 Å². The van der Waals surface area contributed by atoms with Crippen LogP contribution in [0.1, 0.15) is 16.6 Å². The number of piperazine rings is 1. The molecule has 1 fully saturated rings. The average Bonchev–Trinajstić information content (AvgIpc) is 3.17. The maximum absolute atomic E-state index is 12.8. The highest BCUT2D eigenvalue weighted by molar-refractivity contribution is 7.17. The molecule has 1 saturated heterocycles. The molecule has 3 amide bonds. The van der Waals surface area contributed by atoms with Gasteiger partial charge in [0.25, 0.3) is 5.91 Å². The first-order valence-corrected chi connectivity index (χ1v) is 14.5. The van der Waals surface area contributed by atoms with Gasteiger partial charge in [0.1, 0.15) is 4.88 Å². The summed E-state index contributed by atoms with van der Waals surface area (Å²) in [4.78, 5) is 35.5. The zero-order chi connectivity index (χ0) is 22.1. The molecule has 0 radical (unpaired) electrons. The number of anilines is 2. The predicted molar refractivity (Wildman–Crippen MR) is 127 cm³/mol. The largest absolute Gasteiger partial charge is 0.344 e. The molecule has 0 unspecified atom stereocenters. The van der Waals surface area contributed by atoms with Crippen LogP contribution in [-0.4, -0.2) is 74.6 Å². The summed E-state index contributed by atoms with van der Waals surface area (Å²) in [5, 5.41) is 5.23. The highest BCUT2D eigenvalue weighted by Crippen LogP contribution is 2.26. The van der Waals surface area contributed by atoms with Crippen LogP contribution < -0.4 is 15.4 Å². The third-order valence-electron chi connectivity index (χ3n) is 5.27. The monoisotopic (exact) mass is 445 g/mol. The van der Waals surface area contributed by atoms with Gasteiger partial charge >= 0.3 is 6.03 Å². The maximum atomic E-state index is 12.8. The number of benzene rings is 1. The molecule has 1 atom stereocenters. The molecule has 3 rings (SSSR count). The molecule has 0 aliphatic carbocycles. The fourth-order valence-electron chi connectivity index (χ4n) is 3.41. The number of nitrogens with one attached hydrogen (secondary N) is 1. The lowest BCUT2D eigenvalue weighted by Crippen LogP contribution is -2.55. The Morgan fingerprint density at radius 1 is 1.17 bits per heavy atom. The number of carbonyl (C=O) groups excluding carboxylic acids is 2. The molecule has 9 heteroatoms. The van der Waals surface area contributed by atoms with Crippen molar-refractivity contribution >= 4 is 47.4 Å². The van der Waals surface area contributed by atoms with Crippen molar-refractivity contribution < 1.29 is 9.59 Å². The van der Waals surface area contributed by atoms with Gasteiger partial charge < -0.3 is 20.0 Å². The zero-order valence-corrected chi connectivity index (χ0v) is 20.4. The summed E-state index contributed by atoms with van der Waals surface area (Å²) in [6, 6.07) is 8.19. The van der Waals surface area contributed by atoms with Gasteiger partial charge in [-0.1, -0.05) is 48.3 Å². The van der Waals surface area contributed by atoms with Crippen LogP contribution in [0.4, 0.5) is 15.6 Å². The number of carbonyl (C=O) groups is 2. The molecule has 1 aliphatic rings. The van der Waals surface area contributed by atoms with Crippen LogP contribution in [0, 0.1) is 0 Å². The van der Waals surface area contributed by atoms with E-state index in [1.54, 1.807) is 25.2 Å². The molecule has 1 aromatic carbocycles. The molecule has 1 aromatic heterocycles. The van der Waals surface area contributed by atoms with E-state index < -0.39 is 8.07 Å². The van der Waals surface area contributed by atoms with Gasteiger partial charge in [0.05, 0.1) is 14.3 Å². The zero-order valence-electron chi connectivity index (χ0n) is 18.6. The molecule has 7 nitrogen and oxygen atoms in total. The lowest BCUT2D eigenvalue weighted by Gasteiger charge is -2.39. The van der Waals surface area contributed by atoms with E-state index in [0.29, 0.717) is 24.5 Å². The van der Waals surface area contributed by atoms with Gasteiger partial charge in [0.15, 0.2) is 5.13 Å². The van der Waals surface area contributed by atoms with Crippen molar-refractivity contribution in [2.45, 2.75) is 32.6 Å². The fraction of sp³-hybridized carbons (Fsp3) is 0.476. The van der Waals surface area contributed by atoms with E-state index in [1.165, 1.54) is 16.5 Å². The summed E-state index contributed by atoms with van der Waals surface area (Å²) < 4.78 is 0. The van der Waals surface area contributed by atoms with Crippen LogP contribution >= 0.6 is 11.3 Å². The highest BCUT2D eigenvalue weighted by Gasteiger charge is 2.29. The molecule has 1 N–H and O–H groups in total. The third-order valence-corrected chi connectivity index (χ3v) is 8.38. The van der Waals surface area contributed by atoms with Crippen molar-refractivity contribution in [3.63, 3.8) is 0 Å². The molecule has 0 bridgehead atoms. The van der Waals surface area contributed by atoms with Crippen molar-refractivity contribution in [2.75, 3.05) is 43.9 Å². The van der Waals surface area contributed by atoms with Gasteiger partial charge in [-0.15, -0.1) is 0 Å². The second kappa shape index (κ2) is 8.77. The minimum Gasteiger partial charge on any atom is -0.344 e. The first kappa shape index (κ1) is 22.3. The number of rotatable bonds is 4. The minimum atomic E-state index is -1.35. The van der Waals surface area contributed by atoms with E-state index in [1.807, 2.05) is 24.0 Å². The van der Waals surface area contributed by atoms with Crippen LogP contribution in [-0.2, 0) is 0 Å². The predicted octanol–water partition coefficient (Wildman–Crippen LogP) is 3.13. The van der Waals surface area contributed by atoms with Gasteiger partial charge in [0, 0.05) is 45.5 Å². The Balaban J connectivity index is 1.60. The highest BCUT2D eigenvalue weighted by atomic mass is 32.1. The first-order valence-electron chi connectivity index (χ1n) is 10.2. The van der Waals surface area contributed by atoms with E-state index in [9.17, 15) is 9.59 Å². The Bertz CT molecular complexity index is 907. The lowest BCUT2D eigenvalue weighted by atomic mass is 10.2. The molecule has 2 aromatic rings. The molecule has 30 heavy (non-hydrogen) atoms. The Labute approximate surface area is 183 Å². The second-order valence-electron chi connectivity index (χ2n) is 8.95. The minimum absolute atomic E-state index is 0.0371. The summed E-state index contributed by atoms with van der Waals surface area (Å²) in [6.07, 6.45) is 1.64. The van der Waals surface area contributed by atoms with Gasteiger partial charge in [-0.3, -0.25) is 4.79 Å². The Morgan fingerprint density at radius 2 is 1.83 bits per heavy atom. The SMILES string of the molecule is C[C@@H]1CN(c2ncc(C(=O)N(C)C)s2)CCN1C(=O)Nc1ccc([Si](C)(C)C)cc1. The number of aromatic nitrogens is 1. The first-order chi connectivity index (χ1) is 14.1. The third kappa shape index (κ3) is 5.01. The Kier molecular flexibility index (Phi) is 6.52. The van der Waals surface area contributed by atoms with Crippen molar-refractivity contribution in [3.8, 4) is 0 Å². The van der Waals surface area contributed by atoms with E-state index >= 15 is 0 Å². The lowest BCUT2D eigenvalue weighted by molar-refractivity contribution is 0.0832. The standard InChI is InChI=1S/C21H31N5O2SSi/c1-15-14-25(21-22-13-18(29-21)19(27)24(2)3)11-12-26(15)20(28)23-16-7-9-17(10-8-16)30(4,5)6/h7-10,13,15H,11-12,14H2,1-6H3,(H,23,28)/t15-/m1/s1. The summed E-state index contributed by atoms with van der Waals surface area (Å²) >= 11 is 1.40. The molecule has 1 aliphatic heterocycles. The van der Waals surface area contributed by atoms with Gasteiger partial charge in [0.2, 0.25) is 0 Å². The number of thiazole rings is 1. The van der Waals surface area contributed by atoms with Crippen molar-refractivity contribution in [1.29, 1.82) is 0 Å². The van der Waals surface area contributed by atoms with Crippen LogP contribution in [0.3, 0.4) is 0 Å². The van der Waals surface area contributed by atoms with E-state index in [0.717, 1.165) is 10.8 Å². The molecule has 2 heterocycles. The second-order valence-corrected chi connectivity index (χ2v) is 15.0. The van der Waals surface area contributed by atoms with E-state index in [4.69, 9.17) is 0 Å². The summed E-state index contributed by atoms with van der Waals surface area (Å²) in [5.41, 5.74) is 0.823. The Hall–Kier alpha value is -2.39. The van der Waals surface area contributed by atoms with E-state index in [2.05, 4.69) is 47.0 Å². The molecular weight excluding hydrogens is 414 g/mol. The number of amides is 3. The molecule has 0 saturated carbocycles. The number of nitrogens with zero attached hydrogens (tertiary/aromatic N) is 4. The molecular formula is C21H31N5O2SSi. The molecule has 162 valence electrons. The van der Waals surface area contributed by atoms with Gasteiger partial charge in [-0.25, -0.2) is 9.78 Å². The van der Waals surface area contributed by atoms with Crippen molar-refractivity contribution in [1.82, 2.24) is 14.8 Å². The summed E-state index contributed by atoms with van der Waals surface area (Å²) in [5.74, 6) is -0.0371. The molecule has 0 spiro atoms. The smallest absolute Gasteiger partial charge is 0.322 e. The fourth-order valence-corrected chi connectivity index (χ4v) is 5.55. The van der Waals surface area contributed by atoms with Gasteiger partial charge in [-0.2, -0.15) is 0 Å². The number of hydrogen-bond acceptors (Lipinski definition) is 5. The van der Waals surface area contributed by atoms with Crippen LogP contribution in [0.5, 0.6) is 0 Å². The van der Waals surface area contributed by atoms with Crippen molar-refractivity contribution in [2.24, 2.45) is 0 Å². The number of urea groups is 1. The normalized spacial score (nSPS) is 17.1. The summed E-state index contributed by atoms with van der Waals surface area (Å²) in [6.45, 7) is 11.0. The summed E-state index contributed by atoms with van der Waals surface area (Å²) in [7, 11) is 2.12. The van der Waals surface area contributed by atoms with E-state index in [-0.39, 0.29) is 18.0 Å². The van der Waals surface area contributed by atoms with Crippen LogP contribution in [0.2, 0.25) is 19.6 Å². The van der Waals surface area contributed by atoms with Gasteiger partial charge in [-0.05, 0) is 19.1 Å². The van der Waals surface area contributed by atoms with Crippen LogP contribution in [0.25, 0.3) is 0 Å². The quantitative estimate of drug-likeness (QED) is 0.734. The maximum Gasteiger partial charge on any atom is 0.322 e. The number of hydrogen-bond donors (Lipinski definition) is 1.